The highest BCUT2D eigenvalue weighted by Crippen LogP contribution is 2.13. The van der Waals surface area contributed by atoms with Crippen LogP contribution in [0.5, 0.6) is 0 Å². The first-order valence-corrected chi connectivity index (χ1v) is 6.59. The molecule has 0 aliphatic heterocycles. The monoisotopic (exact) mass is 239 g/mol. The molecule has 1 N–H and O–H groups in total. The van der Waals surface area contributed by atoms with Crippen LogP contribution in [-0.4, -0.2) is 6.54 Å². The summed E-state index contributed by atoms with van der Waals surface area (Å²) in [4.78, 5) is 0. The zero-order valence-corrected chi connectivity index (χ0v) is 11.2. The molecular formula is C17H21N. The van der Waals surface area contributed by atoms with Crippen molar-refractivity contribution in [3.05, 3.63) is 71.3 Å². The van der Waals surface area contributed by atoms with E-state index in [-0.39, 0.29) is 0 Å². The molecule has 0 saturated heterocycles. The molecule has 0 spiro atoms. The second-order valence-corrected chi connectivity index (χ2v) is 4.83. The lowest BCUT2D eigenvalue weighted by Gasteiger charge is -2.14. The van der Waals surface area contributed by atoms with Gasteiger partial charge in [0.2, 0.25) is 0 Å². The van der Waals surface area contributed by atoms with Gasteiger partial charge >= 0.3 is 0 Å². The Morgan fingerprint density at radius 1 is 1.00 bits per heavy atom. The zero-order valence-electron chi connectivity index (χ0n) is 11.2. The Bertz CT molecular complexity index is 476. The van der Waals surface area contributed by atoms with Crippen molar-refractivity contribution in [2.24, 2.45) is 0 Å². The highest BCUT2D eigenvalue weighted by Gasteiger charge is 2.04. The van der Waals surface area contributed by atoms with Gasteiger partial charge in [0.15, 0.2) is 0 Å². The molecule has 94 valence electrons. The lowest BCUT2D eigenvalue weighted by molar-refractivity contribution is 0.576. The minimum atomic E-state index is 0.411. The Balaban J connectivity index is 1.83. The van der Waals surface area contributed by atoms with Gasteiger partial charge in [0, 0.05) is 6.04 Å². The fourth-order valence-electron chi connectivity index (χ4n) is 2.13. The maximum atomic E-state index is 3.57. The predicted molar refractivity (Wildman–Crippen MR) is 77.7 cm³/mol. The molecular weight excluding hydrogens is 218 g/mol. The first-order valence-electron chi connectivity index (χ1n) is 6.59. The minimum absolute atomic E-state index is 0.411. The molecule has 0 amide bonds. The molecule has 0 radical (unpaired) electrons. The number of hydrogen-bond donors (Lipinski definition) is 1. The molecule has 2 aromatic carbocycles. The summed E-state index contributed by atoms with van der Waals surface area (Å²) in [5.74, 6) is 0. The maximum absolute atomic E-state index is 3.57. The summed E-state index contributed by atoms with van der Waals surface area (Å²) in [5.41, 5.74) is 4.08. The summed E-state index contributed by atoms with van der Waals surface area (Å²) >= 11 is 0. The summed E-state index contributed by atoms with van der Waals surface area (Å²) in [6.07, 6.45) is 1.08. The van der Waals surface area contributed by atoms with E-state index in [2.05, 4.69) is 73.8 Å². The van der Waals surface area contributed by atoms with Crippen LogP contribution < -0.4 is 5.32 Å². The number of hydrogen-bond acceptors (Lipinski definition) is 1. The van der Waals surface area contributed by atoms with Crippen LogP contribution >= 0.6 is 0 Å². The average Bonchev–Trinajstić information content (AvgIpc) is 2.40. The molecule has 0 fully saturated rings. The van der Waals surface area contributed by atoms with Crippen molar-refractivity contribution in [1.29, 1.82) is 0 Å². The molecule has 0 aromatic heterocycles. The third-order valence-corrected chi connectivity index (χ3v) is 3.25. The molecule has 2 rings (SSSR count). The standard InChI is InChI=1S/C17H21N/c1-14-7-6-10-17(13-14)15(2)18-12-11-16-8-4-3-5-9-16/h3-10,13,15,18H,11-12H2,1-2H3. The van der Waals surface area contributed by atoms with Crippen molar-refractivity contribution in [3.8, 4) is 0 Å². The Kier molecular flexibility index (Phi) is 4.54. The summed E-state index contributed by atoms with van der Waals surface area (Å²) in [6, 6.07) is 19.7. The molecule has 0 saturated carbocycles. The minimum Gasteiger partial charge on any atom is -0.310 e. The molecule has 0 aliphatic rings. The van der Waals surface area contributed by atoms with Crippen molar-refractivity contribution >= 4 is 0 Å². The Morgan fingerprint density at radius 2 is 1.78 bits per heavy atom. The molecule has 2 aromatic rings. The summed E-state index contributed by atoms with van der Waals surface area (Å²) in [5, 5.41) is 3.57. The Morgan fingerprint density at radius 3 is 2.50 bits per heavy atom. The van der Waals surface area contributed by atoms with E-state index in [9.17, 15) is 0 Å². The van der Waals surface area contributed by atoms with E-state index in [0.717, 1.165) is 13.0 Å². The number of benzene rings is 2. The van der Waals surface area contributed by atoms with Crippen molar-refractivity contribution in [1.82, 2.24) is 5.32 Å². The summed E-state index contributed by atoms with van der Waals surface area (Å²) in [7, 11) is 0. The molecule has 0 aliphatic carbocycles. The van der Waals surface area contributed by atoms with Gasteiger partial charge in [-0.3, -0.25) is 0 Å². The van der Waals surface area contributed by atoms with Gasteiger partial charge < -0.3 is 5.32 Å². The summed E-state index contributed by atoms with van der Waals surface area (Å²) < 4.78 is 0. The van der Waals surface area contributed by atoms with Crippen LogP contribution in [0.3, 0.4) is 0 Å². The van der Waals surface area contributed by atoms with E-state index < -0.39 is 0 Å². The van der Waals surface area contributed by atoms with Crippen molar-refractivity contribution < 1.29 is 0 Å². The van der Waals surface area contributed by atoms with Crippen LogP contribution in [0, 0.1) is 6.92 Å². The van der Waals surface area contributed by atoms with E-state index in [0.29, 0.717) is 6.04 Å². The number of rotatable bonds is 5. The maximum Gasteiger partial charge on any atom is 0.0292 e. The molecule has 18 heavy (non-hydrogen) atoms. The van der Waals surface area contributed by atoms with Gasteiger partial charge in [-0.2, -0.15) is 0 Å². The lowest BCUT2D eigenvalue weighted by atomic mass is 10.1. The molecule has 0 bridgehead atoms. The van der Waals surface area contributed by atoms with Gasteiger partial charge in [-0.1, -0.05) is 60.2 Å². The van der Waals surface area contributed by atoms with E-state index in [1.54, 1.807) is 0 Å². The van der Waals surface area contributed by atoms with Crippen LogP contribution in [0.1, 0.15) is 29.7 Å². The van der Waals surface area contributed by atoms with Gasteiger partial charge in [0.25, 0.3) is 0 Å². The quantitative estimate of drug-likeness (QED) is 0.834. The Labute approximate surface area is 110 Å². The van der Waals surface area contributed by atoms with Crippen LogP contribution in [0.15, 0.2) is 54.6 Å². The predicted octanol–water partition coefficient (Wildman–Crippen LogP) is 3.89. The van der Waals surface area contributed by atoms with E-state index in [1.807, 2.05) is 0 Å². The van der Waals surface area contributed by atoms with Crippen molar-refractivity contribution in [3.63, 3.8) is 0 Å². The molecule has 0 heterocycles. The second kappa shape index (κ2) is 6.36. The van der Waals surface area contributed by atoms with E-state index in [4.69, 9.17) is 0 Å². The van der Waals surface area contributed by atoms with Crippen molar-refractivity contribution in [2.75, 3.05) is 6.54 Å². The lowest BCUT2D eigenvalue weighted by Crippen LogP contribution is -2.21. The second-order valence-electron chi connectivity index (χ2n) is 4.83. The third kappa shape index (κ3) is 3.71. The molecule has 1 nitrogen and oxygen atoms in total. The molecule has 1 unspecified atom stereocenters. The van der Waals surface area contributed by atoms with Crippen LogP contribution in [0.4, 0.5) is 0 Å². The zero-order chi connectivity index (χ0) is 12.8. The van der Waals surface area contributed by atoms with Gasteiger partial charge in [-0.05, 0) is 37.9 Å². The largest absolute Gasteiger partial charge is 0.310 e. The molecule has 1 atom stereocenters. The Hall–Kier alpha value is -1.60. The van der Waals surface area contributed by atoms with E-state index in [1.165, 1.54) is 16.7 Å². The SMILES string of the molecule is Cc1cccc(C(C)NCCc2ccccc2)c1. The van der Waals surface area contributed by atoms with Crippen LogP contribution in [-0.2, 0) is 6.42 Å². The van der Waals surface area contributed by atoms with Gasteiger partial charge in [0.1, 0.15) is 0 Å². The normalized spacial score (nSPS) is 12.3. The first-order chi connectivity index (χ1) is 8.75. The highest BCUT2D eigenvalue weighted by atomic mass is 14.9. The number of nitrogens with one attached hydrogen (secondary N) is 1. The first kappa shape index (κ1) is 12.8. The van der Waals surface area contributed by atoms with Crippen molar-refractivity contribution in [2.45, 2.75) is 26.3 Å². The fraction of sp³-hybridized carbons (Fsp3) is 0.294. The highest BCUT2D eigenvalue weighted by molar-refractivity contribution is 5.24. The van der Waals surface area contributed by atoms with Gasteiger partial charge in [-0.15, -0.1) is 0 Å². The topological polar surface area (TPSA) is 12.0 Å². The third-order valence-electron chi connectivity index (χ3n) is 3.25. The summed E-state index contributed by atoms with van der Waals surface area (Å²) in [6.45, 7) is 5.37. The fourth-order valence-corrected chi connectivity index (χ4v) is 2.13. The van der Waals surface area contributed by atoms with E-state index >= 15 is 0 Å². The average molecular weight is 239 g/mol. The molecule has 1 heteroatoms. The number of aryl methyl sites for hydroxylation is 1. The van der Waals surface area contributed by atoms with Gasteiger partial charge in [-0.25, -0.2) is 0 Å². The van der Waals surface area contributed by atoms with Gasteiger partial charge in [0.05, 0.1) is 0 Å². The van der Waals surface area contributed by atoms with Crippen LogP contribution in [0.25, 0.3) is 0 Å². The smallest absolute Gasteiger partial charge is 0.0292 e. The van der Waals surface area contributed by atoms with Crippen LogP contribution in [0.2, 0.25) is 0 Å².